The Labute approximate surface area is 119 Å². The van der Waals surface area contributed by atoms with E-state index in [9.17, 15) is 0 Å². The zero-order valence-electron chi connectivity index (χ0n) is 11.1. The second kappa shape index (κ2) is 7.10. The molecular formula is C16H19NOS. The van der Waals surface area contributed by atoms with Crippen molar-refractivity contribution in [2.24, 2.45) is 0 Å². The van der Waals surface area contributed by atoms with Gasteiger partial charge in [0.15, 0.2) is 0 Å². The highest BCUT2D eigenvalue weighted by Gasteiger charge is 1.97. The van der Waals surface area contributed by atoms with Gasteiger partial charge in [0, 0.05) is 22.4 Å². The Hall–Kier alpha value is -1.61. The fourth-order valence-electron chi connectivity index (χ4n) is 1.75. The predicted molar refractivity (Wildman–Crippen MR) is 82.9 cm³/mol. The second-order valence-electron chi connectivity index (χ2n) is 4.44. The van der Waals surface area contributed by atoms with Crippen LogP contribution in [0.2, 0.25) is 0 Å². The number of hydrogen-bond donors (Lipinski definition) is 1. The second-order valence-corrected chi connectivity index (χ2v) is 5.61. The summed E-state index contributed by atoms with van der Waals surface area (Å²) >= 11 is 1.87. The lowest BCUT2D eigenvalue weighted by Crippen LogP contribution is -1.99. The van der Waals surface area contributed by atoms with E-state index in [0.717, 1.165) is 30.2 Å². The van der Waals surface area contributed by atoms with Crippen LogP contribution >= 0.6 is 11.8 Å². The quantitative estimate of drug-likeness (QED) is 0.488. The van der Waals surface area contributed by atoms with Crippen molar-refractivity contribution in [3.63, 3.8) is 0 Å². The van der Waals surface area contributed by atoms with E-state index in [1.807, 2.05) is 36.0 Å². The molecule has 100 valence electrons. The SMILES string of the molecule is Cc1cccc(SCCCOc2cccc(N)c2)c1. The molecule has 0 fully saturated rings. The van der Waals surface area contributed by atoms with E-state index in [0.29, 0.717) is 0 Å². The molecule has 0 saturated carbocycles. The average molecular weight is 273 g/mol. The molecule has 0 aliphatic carbocycles. The van der Waals surface area contributed by atoms with Gasteiger partial charge in [0.1, 0.15) is 5.75 Å². The zero-order valence-corrected chi connectivity index (χ0v) is 12.0. The van der Waals surface area contributed by atoms with Crippen LogP contribution in [0.1, 0.15) is 12.0 Å². The van der Waals surface area contributed by atoms with Crippen LogP contribution in [-0.2, 0) is 0 Å². The monoisotopic (exact) mass is 273 g/mol. The van der Waals surface area contributed by atoms with Gasteiger partial charge in [-0.05, 0) is 37.6 Å². The van der Waals surface area contributed by atoms with Crippen LogP contribution in [-0.4, -0.2) is 12.4 Å². The summed E-state index contributed by atoms with van der Waals surface area (Å²) in [5.74, 6) is 1.91. The Morgan fingerprint density at radius 1 is 1.11 bits per heavy atom. The third-order valence-corrected chi connectivity index (χ3v) is 3.75. The van der Waals surface area contributed by atoms with Gasteiger partial charge < -0.3 is 10.5 Å². The third kappa shape index (κ3) is 4.87. The fraction of sp³-hybridized carbons (Fsp3) is 0.250. The standard InChI is InChI=1S/C16H19NOS/c1-13-5-2-8-16(11-13)19-10-4-9-18-15-7-3-6-14(17)12-15/h2-3,5-8,11-12H,4,9-10,17H2,1H3. The minimum absolute atomic E-state index is 0.724. The summed E-state index contributed by atoms with van der Waals surface area (Å²) < 4.78 is 5.66. The normalized spacial score (nSPS) is 10.4. The van der Waals surface area contributed by atoms with Crippen molar-refractivity contribution in [2.45, 2.75) is 18.2 Å². The summed E-state index contributed by atoms with van der Waals surface area (Å²) in [5.41, 5.74) is 7.74. The molecule has 0 saturated heterocycles. The number of rotatable bonds is 6. The highest BCUT2D eigenvalue weighted by atomic mass is 32.2. The van der Waals surface area contributed by atoms with E-state index >= 15 is 0 Å². The third-order valence-electron chi connectivity index (χ3n) is 2.67. The Bertz CT molecular complexity index is 480. The molecule has 0 aliphatic heterocycles. The Morgan fingerprint density at radius 3 is 2.74 bits per heavy atom. The average Bonchev–Trinajstić information content (AvgIpc) is 2.38. The van der Waals surface area contributed by atoms with E-state index in [1.54, 1.807) is 0 Å². The molecule has 0 amide bonds. The largest absolute Gasteiger partial charge is 0.493 e. The minimum atomic E-state index is 0.724. The van der Waals surface area contributed by atoms with Gasteiger partial charge in [-0.3, -0.25) is 0 Å². The first-order valence-electron chi connectivity index (χ1n) is 6.42. The molecule has 0 bridgehead atoms. The van der Waals surface area contributed by atoms with Gasteiger partial charge in [-0.25, -0.2) is 0 Å². The van der Waals surface area contributed by atoms with Crippen LogP contribution in [0.4, 0.5) is 5.69 Å². The fourth-order valence-corrected chi connectivity index (χ4v) is 2.69. The molecule has 2 aromatic carbocycles. The van der Waals surface area contributed by atoms with Crippen molar-refractivity contribution in [3.8, 4) is 5.75 Å². The summed E-state index contributed by atoms with van der Waals surface area (Å²) in [6.45, 7) is 2.84. The Kier molecular flexibility index (Phi) is 5.16. The van der Waals surface area contributed by atoms with Gasteiger partial charge in [-0.1, -0.05) is 23.8 Å². The van der Waals surface area contributed by atoms with Crippen LogP contribution in [0.15, 0.2) is 53.4 Å². The maximum atomic E-state index is 5.70. The highest BCUT2D eigenvalue weighted by Crippen LogP contribution is 2.20. The lowest BCUT2D eigenvalue weighted by atomic mass is 10.2. The highest BCUT2D eigenvalue weighted by molar-refractivity contribution is 7.99. The molecule has 0 radical (unpaired) electrons. The van der Waals surface area contributed by atoms with E-state index in [-0.39, 0.29) is 0 Å². The van der Waals surface area contributed by atoms with Crippen LogP contribution in [0.25, 0.3) is 0 Å². The molecule has 0 unspecified atom stereocenters. The van der Waals surface area contributed by atoms with Crippen LogP contribution in [0.3, 0.4) is 0 Å². The number of thioether (sulfide) groups is 1. The lowest BCUT2D eigenvalue weighted by Gasteiger charge is -2.07. The number of nitrogens with two attached hydrogens (primary N) is 1. The number of ether oxygens (including phenoxy) is 1. The molecule has 0 heterocycles. The molecule has 2 rings (SSSR count). The molecule has 2 N–H and O–H groups in total. The summed E-state index contributed by atoms with van der Waals surface area (Å²) in [5, 5.41) is 0. The molecule has 2 aromatic rings. The molecule has 0 aliphatic rings. The van der Waals surface area contributed by atoms with Gasteiger partial charge >= 0.3 is 0 Å². The van der Waals surface area contributed by atoms with Gasteiger partial charge in [-0.2, -0.15) is 0 Å². The van der Waals surface area contributed by atoms with E-state index in [1.165, 1.54) is 10.5 Å². The summed E-state index contributed by atoms with van der Waals surface area (Å²) in [7, 11) is 0. The van der Waals surface area contributed by atoms with Crippen molar-refractivity contribution >= 4 is 17.4 Å². The van der Waals surface area contributed by atoms with E-state index in [4.69, 9.17) is 10.5 Å². The van der Waals surface area contributed by atoms with Crippen molar-refractivity contribution in [3.05, 3.63) is 54.1 Å². The lowest BCUT2D eigenvalue weighted by molar-refractivity contribution is 0.319. The molecule has 0 atom stereocenters. The Morgan fingerprint density at radius 2 is 1.95 bits per heavy atom. The Balaban J connectivity index is 1.67. The number of benzene rings is 2. The molecular weight excluding hydrogens is 254 g/mol. The van der Waals surface area contributed by atoms with E-state index in [2.05, 4.69) is 31.2 Å². The molecule has 3 heteroatoms. The maximum absolute atomic E-state index is 5.70. The van der Waals surface area contributed by atoms with E-state index < -0.39 is 0 Å². The summed E-state index contributed by atoms with van der Waals surface area (Å²) in [4.78, 5) is 1.32. The number of hydrogen-bond acceptors (Lipinski definition) is 3. The predicted octanol–water partition coefficient (Wildman–Crippen LogP) is 4.14. The van der Waals surface area contributed by atoms with Gasteiger partial charge in [0.05, 0.1) is 6.61 Å². The minimum Gasteiger partial charge on any atom is -0.493 e. The first kappa shape index (κ1) is 13.8. The van der Waals surface area contributed by atoms with Crippen LogP contribution in [0, 0.1) is 6.92 Å². The summed E-state index contributed by atoms with van der Waals surface area (Å²) in [6.07, 6.45) is 1.02. The van der Waals surface area contributed by atoms with Crippen molar-refractivity contribution < 1.29 is 4.74 Å². The molecule has 2 nitrogen and oxygen atoms in total. The van der Waals surface area contributed by atoms with Gasteiger partial charge in [0.25, 0.3) is 0 Å². The number of anilines is 1. The summed E-state index contributed by atoms with van der Waals surface area (Å²) in [6, 6.07) is 16.1. The van der Waals surface area contributed by atoms with Crippen molar-refractivity contribution in [2.75, 3.05) is 18.1 Å². The molecule has 0 aromatic heterocycles. The smallest absolute Gasteiger partial charge is 0.121 e. The van der Waals surface area contributed by atoms with Crippen molar-refractivity contribution in [1.82, 2.24) is 0 Å². The van der Waals surface area contributed by atoms with Crippen molar-refractivity contribution in [1.29, 1.82) is 0 Å². The molecule has 19 heavy (non-hydrogen) atoms. The number of nitrogen functional groups attached to an aromatic ring is 1. The number of aryl methyl sites for hydroxylation is 1. The van der Waals surface area contributed by atoms with Gasteiger partial charge in [-0.15, -0.1) is 11.8 Å². The van der Waals surface area contributed by atoms with Crippen LogP contribution in [0.5, 0.6) is 5.75 Å². The maximum Gasteiger partial charge on any atom is 0.121 e. The molecule has 0 spiro atoms. The zero-order chi connectivity index (χ0) is 13.5. The topological polar surface area (TPSA) is 35.2 Å². The first-order chi connectivity index (χ1) is 9.24. The van der Waals surface area contributed by atoms with Gasteiger partial charge in [0.2, 0.25) is 0 Å². The first-order valence-corrected chi connectivity index (χ1v) is 7.40. The van der Waals surface area contributed by atoms with Crippen LogP contribution < -0.4 is 10.5 Å².